The lowest BCUT2D eigenvalue weighted by Crippen LogP contribution is -2.30. The van der Waals surface area contributed by atoms with Crippen molar-refractivity contribution in [2.45, 2.75) is 6.04 Å². The summed E-state index contributed by atoms with van der Waals surface area (Å²) in [7, 11) is 0. The molecule has 0 spiro atoms. The van der Waals surface area contributed by atoms with Gasteiger partial charge in [-0.3, -0.25) is 10.8 Å². The number of nitrogens with two attached hydrogens (primary N) is 1. The number of hydrazine groups is 1. The van der Waals surface area contributed by atoms with Gasteiger partial charge < -0.3 is 0 Å². The van der Waals surface area contributed by atoms with Gasteiger partial charge in [0.1, 0.15) is 0 Å². The number of aromatic nitrogens is 2. The topological polar surface area (TPSA) is 63.8 Å². The second kappa shape index (κ2) is 5.51. The van der Waals surface area contributed by atoms with Crippen LogP contribution in [-0.2, 0) is 0 Å². The molecule has 0 bridgehead atoms. The zero-order valence-corrected chi connectivity index (χ0v) is 10.9. The Morgan fingerprint density at radius 3 is 2.52 bits per heavy atom. The first-order valence-corrected chi connectivity index (χ1v) is 6.32. The summed E-state index contributed by atoms with van der Waals surface area (Å²) >= 11 is 0. The molecule has 0 aliphatic heterocycles. The van der Waals surface area contributed by atoms with Gasteiger partial charge in [0.05, 0.1) is 29.0 Å². The fourth-order valence-corrected chi connectivity index (χ4v) is 2.19. The lowest BCUT2D eigenvalue weighted by molar-refractivity contribution is 0.481. The largest absolute Gasteiger partial charge is 0.271 e. The molecule has 3 N–H and O–H groups in total. The minimum Gasteiger partial charge on any atom is -0.271 e. The maximum Gasteiger partial charge on any atom is 0.164 e. The van der Waals surface area contributed by atoms with E-state index >= 15 is 0 Å². The molecule has 2 aromatic carbocycles. The summed E-state index contributed by atoms with van der Waals surface area (Å²) in [5, 5.41) is 0. The van der Waals surface area contributed by atoms with E-state index in [0.29, 0.717) is 11.2 Å². The third kappa shape index (κ3) is 2.46. The molecule has 0 saturated carbocycles. The van der Waals surface area contributed by atoms with Crippen molar-refractivity contribution in [1.82, 2.24) is 15.4 Å². The quantitative estimate of drug-likeness (QED) is 0.573. The van der Waals surface area contributed by atoms with Crippen molar-refractivity contribution in [2.75, 3.05) is 0 Å². The van der Waals surface area contributed by atoms with Crippen molar-refractivity contribution in [3.8, 4) is 0 Å². The Kier molecular flexibility index (Phi) is 3.55. The highest BCUT2D eigenvalue weighted by molar-refractivity contribution is 5.73. The Morgan fingerprint density at radius 1 is 1.00 bits per heavy atom. The van der Waals surface area contributed by atoms with Crippen LogP contribution < -0.4 is 11.3 Å². The fraction of sp³-hybridized carbons (Fsp3) is 0.0667. The number of para-hydroxylation sites is 2. The number of benzene rings is 2. The summed E-state index contributed by atoms with van der Waals surface area (Å²) in [4.78, 5) is 8.65. The number of nitrogens with zero attached hydrogens (tertiary/aromatic N) is 2. The van der Waals surface area contributed by atoms with Crippen LogP contribution in [-0.4, -0.2) is 9.97 Å². The monoisotopic (exact) mass is 286 g/mol. The summed E-state index contributed by atoms with van der Waals surface area (Å²) in [5.74, 6) is 3.62. The number of halogens is 2. The van der Waals surface area contributed by atoms with Crippen molar-refractivity contribution in [1.29, 1.82) is 0 Å². The predicted molar refractivity (Wildman–Crippen MR) is 75.1 cm³/mol. The van der Waals surface area contributed by atoms with E-state index in [9.17, 15) is 8.78 Å². The van der Waals surface area contributed by atoms with Crippen LogP contribution >= 0.6 is 0 Å². The van der Waals surface area contributed by atoms with E-state index < -0.39 is 17.7 Å². The zero-order chi connectivity index (χ0) is 14.8. The van der Waals surface area contributed by atoms with E-state index in [1.807, 2.05) is 18.2 Å². The molecule has 4 nitrogen and oxygen atoms in total. The van der Waals surface area contributed by atoms with Gasteiger partial charge in [0, 0.05) is 5.56 Å². The van der Waals surface area contributed by atoms with Crippen LogP contribution in [0.3, 0.4) is 0 Å². The minimum atomic E-state index is -0.949. The summed E-state index contributed by atoms with van der Waals surface area (Å²) in [6, 6.07) is 10.4. The third-order valence-electron chi connectivity index (χ3n) is 3.22. The van der Waals surface area contributed by atoms with E-state index in [4.69, 9.17) is 5.84 Å². The molecule has 6 heteroatoms. The lowest BCUT2D eigenvalue weighted by Gasteiger charge is -2.16. The average Bonchev–Trinajstić information content (AvgIpc) is 2.52. The fourth-order valence-electron chi connectivity index (χ4n) is 2.19. The van der Waals surface area contributed by atoms with Crippen molar-refractivity contribution < 1.29 is 8.78 Å². The summed E-state index contributed by atoms with van der Waals surface area (Å²) in [5.41, 5.74) is 4.34. The SMILES string of the molecule is NNC(c1cnc2ccccc2n1)c1cccc(F)c1F. The molecule has 3 aromatic rings. The van der Waals surface area contributed by atoms with Crippen LogP contribution in [0.5, 0.6) is 0 Å². The van der Waals surface area contributed by atoms with Gasteiger partial charge in [-0.2, -0.15) is 0 Å². The second-order valence-corrected chi connectivity index (χ2v) is 4.53. The second-order valence-electron chi connectivity index (χ2n) is 4.53. The Hall–Kier alpha value is -2.44. The van der Waals surface area contributed by atoms with E-state index in [1.165, 1.54) is 18.3 Å². The predicted octanol–water partition coefficient (Wildman–Crippen LogP) is 2.46. The summed E-state index contributed by atoms with van der Waals surface area (Å²) in [6.07, 6.45) is 1.50. The molecular formula is C15H12F2N4. The normalized spacial score (nSPS) is 12.5. The molecule has 1 atom stereocenters. The minimum absolute atomic E-state index is 0.0853. The van der Waals surface area contributed by atoms with E-state index in [1.54, 1.807) is 6.07 Å². The number of hydrogen-bond acceptors (Lipinski definition) is 4. The summed E-state index contributed by atoms with van der Waals surface area (Å²) < 4.78 is 27.3. The Morgan fingerprint density at radius 2 is 1.76 bits per heavy atom. The number of hydrogen-bond donors (Lipinski definition) is 2. The zero-order valence-electron chi connectivity index (χ0n) is 10.9. The molecule has 0 amide bonds. The van der Waals surface area contributed by atoms with Crippen LogP contribution in [0.25, 0.3) is 11.0 Å². The van der Waals surface area contributed by atoms with Crippen molar-refractivity contribution >= 4 is 11.0 Å². The van der Waals surface area contributed by atoms with Crippen molar-refractivity contribution in [3.05, 3.63) is 71.6 Å². The van der Waals surface area contributed by atoms with Crippen LogP contribution in [0.15, 0.2) is 48.7 Å². The maximum absolute atomic E-state index is 13.9. The van der Waals surface area contributed by atoms with Crippen LogP contribution in [0.4, 0.5) is 8.78 Å². The lowest BCUT2D eigenvalue weighted by atomic mass is 10.0. The Balaban J connectivity index is 2.11. The molecule has 0 fully saturated rings. The van der Waals surface area contributed by atoms with Gasteiger partial charge in [0.25, 0.3) is 0 Å². The number of rotatable bonds is 3. The molecular weight excluding hydrogens is 274 g/mol. The van der Waals surface area contributed by atoms with Crippen molar-refractivity contribution in [3.63, 3.8) is 0 Å². The van der Waals surface area contributed by atoms with Crippen molar-refractivity contribution in [2.24, 2.45) is 5.84 Å². The van der Waals surface area contributed by atoms with Crippen LogP contribution in [0, 0.1) is 11.6 Å². The highest BCUT2D eigenvalue weighted by Gasteiger charge is 2.20. The van der Waals surface area contributed by atoms with Gasteiger partial charge in [0.2, 0.25) is 0 Å². The standard InChI is InChI=1S/C15H12F2N4/c16-10-5-3-4-9(14(10)17)15(21-18)13-8-19-11-6-1-2-7-12(11)20-13/h1-8,15,21H,18H2. The molecule has 0 aliphatic carbocycles. The Labute approximate surface area is 119 Å². The van der Waals surface area contributed by atoms with Gasteiger partial charge in [-0.15, -0.1) is 0 Å². The van der Waals surface area contributed by atoms with Gasteiger partial charge in [0.15, 0.2) is 11.6 Å². The number of fused-ring (bicyclic) bond motifs is 1. The van der Waals surface area contributed by atoms with E-state index in [0.717, 1.165) is 11.6 Å². The van der Waals surface area contributed by atoms with Crippen LogP contribution in [0.2, 0.25) is 0 Å². The molecule has 21 heavy (non-hydrogen) atoms. The Bertz CT molecular complexity index is 791. The van der Waals surface area contributed by atoms with Gasteiger partial charge >= 0.3 is 0 Å². The first-order chi connectivity index (χ1) is 10.2. The molecule has 1 heterocycles. The molecule has 1 unspecified atom stereocenters. The first kappa shape index (κ1) is 13.5. The number of nitrogens with one attached hydrogen (secondary N) is 1. The van der Waals surface area contributed by atoms with Gasteiger partial charge in [-0.05, 0) is 18.2 Å². The molecule has 3 rings (SSSR count). The highest BCUT2D eigenvalue weighted by Crippen LogP contribution is 2.24. The third-order valence-corrected chi connectivity index (χ3v) is 3.22. The summed E-state index contributed by atoms with van der Waals surface area (Å²) in [6.45, 7) is 0. The molecule has 0 saturated heterocycles. The van der Waals surface area contributed by atoms with E-state index in [2.05, 4.69) is 15.4 Å². The molecule has 1 aromatic heterocycles. The maximum atomic E-state index is 13.9. The molecule has 0 aliphatic rings. The smallest absolute Gasteiger partial charge is 0.164 e. The molecule has 0 radical (unpaired) electrons. The van der Waals surface area contributed by atoms with Gasteiger partial charge in [-0.1, -0.05) is 24.3 Å². The van der Waals surface area contributed by atoms with Crippen LogP contribution in [0.1, 0.15) is 17.3 Å². The first-order valence-electron chi connectivity index (χ1n) is 6.32. The highest BCUT2D eigenvalue weighted by atomic mass is 19.2. The average molecular weight is 286 g/mol. The van der Waals surface area contributed by atoms with E-state index in [-0.39, 0.29) is 5.56 Å². The van der Waals surface area contributed by atoms with Gasteiger partial charge in [-0.25, -0.2) is 19.2 Å². The molecule has 106 valence electrons.